The third-order valence-electron chi connectivity index (χ3n) is 4.52. The zero-order valence-corrected chi connectivity index (χ0v) is 14.6. The first-order valence-corrected chi connectivity index (χ1v) is 8.07. The molecule has 0 bridgehead atoms. The van der Waals surface area contributed by atoms with Gasteiger partial charge in [0, 0.05) is 6.92 Å². The van der Waals surface area contributed by atoms with Gasteiger partial charge in [0.25, 0.3) is 11.6 Å². The van der Waals surface area contributed by atoms with Crippen molar-refractivity contribution in [1.82, 2.24) is 4.90 Å². The summed E-state index contributed by atoms with van der Waals surface area (Å²) in [5.41, 5.74) is -0.0688. The Morgan fingerprint density at radius 1 is 1.36 bits per heavy atom. The lowest BCUT2D eigenvalue weighted by Crippen LogP contribution is -3.19. The summed E-state index contributed by atoms with van der Waals surface area (Å²) in [6.45, 7) is 5.85. The third kappa shape index (κ3) is 4.44. The summed E-state index contributed by atoms with van der Waals surface area (Å²) >= 11 is 0. The SMILES string of the molecule is COc1ccc(NC(=O)[C@H](C)[NH+]2CCN(C(C)=O)CC2)c([N+](=O)[O-])c1. The highest BCUT2D eigenvalue weighted by molar-refractivity contribution is 5.95. The van der Waals surface area contributed by atoms with E-state index >= 15 is 0 Å². The van der Waals surface area contributed by atoms with E-state index in [4.69, 9.17) is 4.74 Å². The summed E-state index contributed by atoms with van der Waals surface area (Å²) in [4.78, 5) is 37.3. The van der Waals surface area contributed by atoms with Crippen molar-refractivity contribution < 1.29 is 24.1 Å². The first-order valence-electron chi connectivity index (χ1n) is 8.07. The van der Waals surface area contributed by atoms with Crippen molar-refractivity contribution in [3.8, 4) is 5.75 Å². The number of nitrogens with one attached hydrogen (secondary N) is 2. The monoisotopic (exact) mass is 351 g/mol. The number of carbonyl (C=O) groups excluding carboxylic acids is 2. The van der Waals surface area contributed by atoms with Crippen molar-refractivity contribution in [3.63, 3.8) is 0 Å². The molecule has 136 valence electrons. The van der Waals surface area contributed by atoms with Crippen LogP contribution in [0.25, 0.3) is 0 Å². The van der Waals surface area contributed by atoms with Crippen molar-refractivity contribution in [2.45, 2.75) is 19.9 Å². The van der Waals surface area contributed by atoms with Crippen molar-refractivity contribution in [2.24, 2.45) is 0 Å². The Balaban J connectivity index is 2.04. The first-order chi connectivity index (χ1) is 11.8. The maximum absolute atomic E-state index is 12.5. The van der Waals surface area contributed by atoms with Crippen molar-refractivity contribution >= 4 is 23.2 Å². The Labute approximate surface area is 145 Å². The van der Waals surface area contributed by atoms with Crippen molar-refractivity contribution in [3.05, 3.63) is 28.3 Å². The van der Waals surface area contributed by atoms with Crippen LogP contribution in [0.4, 0.5) is 11.4 Å². The van der Waals surface area contributed by atoms with Gasteiger partial charge in [-0.05, 0) is 19.1 Å². The Kier molecular flexibility index (Phi) is 5.92. The standard InChI is InChI=1S/C16H22N4O5/c1-11(18-6-8-19(9-7-18)12(2)21)16(22)17-14-5-4-13(25-3)10-15(14)20(23)24/h4-5,10-11H,6-9H2,1-3H3,(H,17,22)/p+1/t11-/m0/s1. The van der Waals surface area contributed by atoms with E-state index in [1.54, 1.807) is 17.9 Å². The quantitative estimate of drug-likeness (QED) is 0.558. The normalized spacial score (nSPS) is 16.2. The van der Waals surface area contributed by atoms with Crippen LogP contribution in [0.2, 0.25) is 0 Å². The van der Waals surface area contributed by atoms with Gasteiger partial charge in [0.1, 0.15) is 11.4 Å². The molecule has 0 saturated carbocycles. The van der Waals surface area contributed by atoms with Gasteiger partial charge in [-0.1, -0.05) is 0 Å². The molecule has 25 heavy (non-hydrogen) atoms. The molecule has 1 aromatic rings. The number of amides is 2. The summed E-state index contributed by atoms with van der Waals surface area (Å²) in [5, 5.41) is 13.8. The number of nitro groups is 1. The molecule has 9 nitrogen and oxygen atoms in total. The van der Waals surface area contributed by atoms with Crippen LogP contribution in [0.5, 0.6) is 5.75 Å². The number of benzene rings is 1. The fourth-order valence-electron chi connectivity index (χ4n) is 2.86. The van der Waals surface area contributed by atoms with Crippen LogP contribution < -0.4 is 15.0 Å². The van der Waals surface area contributed by atoms with Gasteiger partial charge in [0.15, 0.2) is 6.04 Å². The number of carbonyl (C=O) groups is 2. The minimum atomic E-state index is -0.554. The van der Waals surface area contributed by atoms with Crippen LogP contribution in [0.15, 0.2) is 18.2 Å². The molecule has 0 radical (unpaired) electrons. The molecule has 2 rings (SSSR count). The van der Waals surface area contributed by atoms with Gasteiger partial charge in [-0.15, -0.1) is 0 Å². The number of anilines is 1. The summed E-state index contributed by atoms with van der Waals surface area (Å²) in [6.07, 6.45) is 0. The second-order valence-electron chi connectivity index (χ2n) is 6.02. The molecule has 0 aromatic heterocycles. The molecule has 1 aromatic carbocycles. The van der Waals surface area contributed by atoms with E-state index in [1.165, 1.54) is 26.2 Å². The molecular formula is C16H23N4O5+. The molecule has 1 fully saturated rings. The Bertz CT molecular complexity index is 670. The molecule has 1 atom stereocenters. The average molecular weight is 351 g/mol. The van der Waals surface area contributed by atoms with Crippen LogP contribution in [-0.4, -0.2) is 61.0 Å². The van der Waals surface area contributed by atoms with Crippen molar-refractivity contribution in [1.29, 1.82) is 0 Å². The highest BCUT2D eigenvalue weighted by Crippen LogP contribution is 2.28. The summed E-state index contributed by atoms with van der Waals surface area (Å²) in [6, 6.07) is 3.92. The predicted molar refractivity (Wildman–Crippen MR) is 90.7 cm³/mol. The summed E-state index contributed by atoms with van der Waals surface area (Å²) in [7, 11) is 1.42. The smallest absolute Gasteiger partial charge is 0.296 e. The highest BCUT2D eigenvalue weighted by Gasteiger charge is 2.31. The highest BCUT2D eigenvalue weighted by atomic mass is 16.6. The van der Waals surface area contributed by atoms with E-state index in [0.29, 0.717) is 31.9 Å². The molecule has 9 heteroatoms. The Morgan fingerprint density at radius 3 is 2.52 bits per heavy atom. The Morgan fingerprint density at radius 2 is 2.00 bits per heavy atom. The molecule has 1 heterocycles. The molecule has 1 aliphatic heterocycles. The van der Waals surface area contributed by atoms with E-state index in [0.717, 1.165) is 4.90 Å². The number of nitrogens with zero attached hydrogens (tertiary/aromatic N) is 2. The lowest BCUT2D eigenvalue weighted by atomic mass is 10.2. The zero-order valence-electron chi connectivity index (χ0n) is 14.6. The van der Waals surface area contributed by atoms with Gasteiger partial charge < -0.3 is 19.9 Å². The van der Waals surface area contributed by atoms with Gasteiger partial charge in [-0.25, -0.2) is 0 Å². The molecule has 2 amide bonds. The molecule has 2 N–H and O–H groups in total. The number of quaternary nitrogens is 1. The fourth-order valence-corrected chi connectivity index (χ4v) is 2.86. The predicted octanol–water partition coefficient (Wildman–Crippen LogP) is -0.323. The fraction of sp³-hybridized carbons (Fsp3) is 0.500. The van der Waals surface area contributed by atoms with E-state index in [-0.39, 0.29) is 29.2 Å². The molecular weight excluding hydrogens is 328 g/mol. The number of hydrogen-bond donors (Lipinski definition) is 2. The van der Waals surface area contributed by atoms with Crippen molar-refractivity contribution in [2.75, 3.05) is 38.6 Å². The zero-order chi connectivity index (χ0) is 18.6. The van der Waals surface area contributed by atoms with E-state index < -0.39 is 4.92 Å². The topological polar surface area (TPSA) is 106 Å². The maximum atomic E-state index is 12.5. The molecule has 0 aliphatic carbocycles. The first kappa shape index (κ1) is 18.7. The van der Waals surface area contributed by atoms with E-state index in [9.17, 15) is 19.7 Å². The van der Waals surface area contributed by atoms with Crippen LogP contribution in [-0.2, 0) is 9.59 Å². The number of nitro benzene ring substituents is 1. The second-order valence-corrected chi connectivity index (χ2v) is 6.02. The van der Waals surface area contributed by atoms with Crippen LogP contribution in [0.3, 0.4) is 0 Å². The summed E-state index contributed by atoms with van der Waals surface area (Å²) < 4.78 is 4.98. The average Bonchev–Trinajstić information content (AvgIpc) is 2.61. The second kappa shape index (κ2) is 7.93. The number of methoxy groups -OCH3 is 1. The van der Waals surface area contributed by atoms with Crippen LogP contribution in [0.1, 0.15) is 13.8 Å². The number of ether oxygens (including phenoxy) is 1. The van der Waals surface area contributed by atoms with Gasteiger partial charge in [-0.2, -0.15) is 0 Å². The van der Waals surface area contributed by atoms with Gasteiger partial charge in [-0.3, -0.25) is 19.7 Å². The largest absolute Gasteiger partial charge is 0.496 e. The van der Waals surface area contributed by atoms with Crippen LogP contribution in [0, 0.1) is 10.1 Å². The lowest BCUT2D eigenvalue weighted by Gasteiger charge is -2.34. The maximum Gasteiger partial charge on any atom is 0.296 e. The number of hydrogen-bond acceptors (Lipinski definition) is 5. The third-order valence-corrected chi connectivity index (χ3v) is 4.52. The lowest BCUT2D eigenvalue weighted by molar-refractivity contribution is -0.917. The molecule has 0 spiro atoms. The molecule has 0 unspecified atom stereocenters. The molecule has 1 aliphatic rings. The minimum absolute atomic E-state index is 0.0324. The molecule has 1 saturated heterocycles. The minimum Gasteiger partial charge on any atom is -0.496 e. The van der Waals surface area contributed by atoms with E-state index in [1.807, 2.05) is 0 Å². The van der Waals surface area contributed by atoms with Gasteiger partial charge in [0.2, 0.25) is 5.91 Å². The van der Waals surface area contributed by atoms with Gasteiger partial charge >= 0.3 is 0 Å². The van der Waals surface area contributed by atoms with Crippen LogP contribution >= 0.6 is 0 Å². The number of piperazine rings is 1. The Hall–Kier alpha value is -2.68. The summed E-state index contributed by atoms with van der Waals surface area (Å²) in [5.74, 6) is 0.0910. The van der Waals surface area contributed by atoms with E-state index in [2.05, 4.69) is 5.32 Å². The van der Waals surface area contributed by atoms with Gasteiger partial charge in [0.05, 0.1) is 44.3 Å². The number of rotatable bonds is 5.